The molecule has 2 heterocycles. The van der Waals surface area contributed by atoms with Crippen molar-refractivity contribution in [1.29, 1.82) is 0 Å². The maximum atomic E-state index is 9.10. The van der Waals surface area contributed by atoms with Crippen LogP contribution in [0.1, 0.15) is 0 Å². The number of nitrogens with zero attached hydrogens (tertiary/aromatic N) is 3. The van der Waals surface area contributed by atoms with E-state index in [0.717, 1.165) is 37.5 Å². The Morgan fingerprint density at radius 1 is 0.714 bits per heavy atom. The molecule has 0 saturated carbocycles. The molecule has 0 atom stereocenters. The molecule has 1 aliphatic rings. The van der Waals surface area contributed by atoms with Crippen LogP contribution in [-0.2, 0) is 19.2 Å². The third-order valence-corrected chi connectivity index (χ3v) is 4.98. The number of carbonyl (C=O) groups is 4. The van der Waals surface area contributed by atoms with Crippen LogP contribution in [0, 0.1) is 0 Å². The second-order valence-corrected chi connectivity index (χ2v) is 7.42. The zero-order valence-electron chi connectivity index (χ0n) is 18.9. The van der Waals surface area contributed by atoms with E-state index in [9.17, 15) is 0 Å². The summed E-state index contributed by atoms with van der Waals surface area (Å²) in [7, 11) is 2.18. The molecule has 35 heavy (non-hydrogen) atoms. The number of aliphatic carboxylic acids is 4. The van der Waals surface area contributed by atoms with Crippen molar-refractivity contribution in [3.05, 3.63) is 60.7 Å². The topological polar surface area (TPSA) is 169 Å². The quantitative estimate of drug-likeness (QED) is 0.393. The Morgan fingerprint density at radius 2 is 1.20 bits per heavy atom. The van der Waals surface area contributed by atoms with E-state index in [0.29, 0.717) is 0 Å². The van der Waals surface area contributed by atoms with Crippen molar-refractivity contribution in [2.75, 3.05) is 38.1 Å². The van der Waals surface area contributed by atoms with Gasteiger partial charge in [0.05, 0.1) is 5.52 Å². The minimum Gasteiger partial charge on any atom is -0.473 e. The molecule has 0 unspecified atom stereocenters. The summed E-state index contributed by atoms with van der Waals surface area (Å²) in [6.07, 6.45) is 0. The first-order chi connectivity index (χ1) is 16.6. The fourth-order valence-electron chi connectivity index (χ4n) is 3.22. The Kier molecular flexibility index (Phi) is 9.67. The van der Waals surface area contributed by atoms with E-state index < -0.39 is 23.9 Å². The van der Waals surface area contributed by atoms with E-state index in [1.165, 1.54) is 16.5 Å². The molecule has 3 aromatic rings. The second-order valence-electron chi connectivity index (χ2n) is 7.42. The molecule has 0 radical (unpaired) electrons. The number of hydrogen-bond donors (Lipinski definition) is 4. The van der Waals surface area contributed by atoms with Crippen molar-refractivity contribution < 1.29 is 39.6 Å². The number of fused-ring (bicyclic) bond motifs is 1. The summed E-state index contributed by atoms with van der Waals surface area (Å²) in [6, 6.07) is 21.3. The molecule has 0 spiro atoms. The van der Waals surface area contributed by atoms with Gasteiger partial charge < -0.3 is 30.2 Å². The van der Waals surface area contributed by atoms with E-state index in [4.69, 9.17) is 44.6 Å². The molecule has 1 aliphatic heterocycles. The summed E-state index contributed by atoms with van der Waals surface area (Å²) in [4.78, 5) is 46.1. The van der Waals surface area contributed by atoms with Gasteiger partial charge in [0.15, 0.2) is 0 Å². The number of piperazine rings is 1. The Bertz CT molecular complexity index is 1140. The normalized spacial score (nSPS) is 13.0. The highest BCUT2D eigenvalue weighted by Gasteiger charge is 2.17. The SMILES string of the molecule is CN1CCN(c2cc(-c3ccccc3)c3ccccc3n2)CC1.O=C(O)C(=O)O.O=C(O)C(=O)O. The van der Waals surface area contributed by atoms with Gasteiger partial charge in [-0.1, -0.05) is 48.5 Å². The van der Waals surface area contributed by atoms with Crippen LogP contribution >= 0.6 is 0 Å². The van der Waals surface area contributed by atoms with Crippen molar-refractivity contribution in [2.45, 2.75) is 0 Å². The summed E-state index contributed by atoms with van der Waals surface area (Å²) in [5, 5.41) is 30.8. The number of anilines is 1. The average Bonchev–Trinajstić information content (AvgIpc) is 2.85. The molecule has 11 heteroatoms. The molecule has 4 N–H and O–H groups in total. The van der Waals surface area contributed by atoms with Crippen LogP contribution in [0.2, 0.25) is 0 Å². The number of pyridine rings is 1. The molecular formula is C24H25N3O8. The lowest BCUT2D eigenvalue weighted by Crippen LogP contribution is -2.44. The van der Waals surface area contributed by atoms with E-state index in [-0.39, 0.29) is 0 Å². The van der Waals surface area contributed by atoms with Gasteiger partial charge >= 0.3 is 23.9 Å². The minimum absolute atomic E-state index is 1.04. The minimum atomic E-state index is -1.82. The van der Waals surface area contributed by atoms with Crippen LogP contribution in [0.15, 0.2) is 60.7 Å². The molecule has 184 valence electrons. The molecule has 11 nitrogen and oxygen atoms in total. The average molecular weight is 483 g/mol. The first-order valence-corrected chi connectivity index (χ1v) is 10.4. The van der Waals surface area contributed by atoms with Gasteiger partial charge in [-0.3, -0.25) is 0 Å². The second kappa shape index (κ2) is 12.7. The van der Waals surface area contributed by atoms with Crippen LogP contribution in [-0.4, -0.2) is 87.4 Å². The van der Waals surface area contributed by atoms with Gasteiger partial charge in [-0.15, -0.1) is 0 Å². The van der Waals surface area contributed by atoms with E-state index in [2.05, 4.69) is 77.5 Å². The van der Waals surface area contributed by atoms with Crippen molar-refractivity contribution in [1.82, 2.24) is 9.88 Å². The van der Waals surface area contributed by atoms with Gasteiger partial charge in [0.1, 0.15) is 5.82 Å². The van der Waals surface area contributed by atoms with Gasteiger partial charge in [-0.05, 0) is 30.3 Å². The maximum Gasteiger partial charge on any atom is 0.414 e. The highest BCUT2D eigenvalue weighted by molar-refractivity contribution is 6.27. The lowest BCUT2D eigenvalue weighted by molar-refractivity contribution is -0.159. The number of benzene rings is 2. The van der Waals surface area contributed by atoms with Crippen molar-refractivity contribution >= 4 is 40.6 Å². The number of likely N-dealkylation sites (N-methyl/N-ethyl adjacent to an activating group) is 1. The highest BCUT2D eigenvalue weighted by Crippen LogP contribution is 2.31. The first-order valence-electron chi connectivity index (χ1n) is 10.4. The summed E-state index contributed by atoms with van der Waals surface area (Å²) in [6.45, 7) is 4.26. The van der Waals surface area contributed by atoms with E-state index in [1.807, 2.05) is 0 Å². The van der Waals surface area contributed by atoms with Crippen LogP contribution in [0.5, 0.6) is 0 Å². The van der Waals surface area contributed by atoms with Crippen LogP contribution < -0.4 is 4.90 Å². The largest absolute Gasteiger partial charge is 0.473 e. The fourth-order valence-corrected chi connectivity index (χ4v) is 3.22. The molecule has 1 saturated heterocycles. The van der Waals surface area contributed by atoms with Crippen LogP contribution in [0.25, 0.3) is 22.0 Å². The number of para-hydroxylation sites is 1. The van der Waals surface area contributed by atoms with Gasteiger partial charge in [-0.2, -0.15) is 0 Å². The predicted octanol–water partition coefficient (Wildman–Crippen LogP) is 1.96. The lowest BCUT2D eigenvalue weighted by Gasteiger charge is -2.33. The van der Waals surface area contributed by atoms with Gasteiger partial charge in [-0.25, -0.2) is 24.2 Å². The van der Waals surface area contributed by atoms with Crippen LogP contribution in [0.3, 0.4) is 0 Å². The monoisotopic (exact) mass is 483 g/mol. The number of aromatic nitrogens is 1. The predicted molar refractivity (Wildman–Crippen MR) is 127 cm³/mol. The molecule has 1 fully saturated rings. The first kappa shape index (κ1) is 26.7. The molecule has 0 aliphatic carbocycles. The Morgan fingerprint density at radius 3 is 1.71 bits per heavy atom. The molecule has 1 aromatic heterocycles. The standard InChI is InChI=1S/C20H21N3.2C2H2O4/c1-22-11-13-23(14-12-22)20-15-18(16-7-3-2-4-8-16)17-9-5-6-10-19(17)21-20;2*3-1(4)2(5)6/h2-10,15H,11-14H2,1H3;2*(H,3,4)(H,5,6). The summed E-state index contributed by atoms with van der Waals surface area (Å²) in [5.74, 6) is -6.20. The maximum absolute atomic E-state index is 9.10. The fraction of sp³-hybridized carbons (Fsp3) is 0.208. The van der Waals surface area contributed by atoms with Gasteiger partial charge in [0.25, 0.3) is 0 Å². The Hall–Kier alpha value is -4.51. The Balaban J connectivity index is 0.000000301. The molecule has 0 amide bonds. The molecule has 4 rings (SSSR count). The number of rotatable bonds is 2. The summed E-state index contributed by atoms with van der Waals surface area (Å²) >= 11 is 0. The van der Waals surface area contributed by atoms with Crippen molar-refractivity contribution in [3.8, 4) is 11.1 Å². The smallest absolute Gasteiger partial charge is 0.414 e. The van der Waals surface area contributed by atoms with Gasteiger partial charge in [0, 0.05) is 31.6 Å². The third kappa shape index (κ3) is 8.09. The number of carboxylic acids is 4. The van der Waals surface area contributed by atoms with E-state index >= 15 is 0 Å². The van der Waals surface area contributed by atoms with Gasteiger partial charge in [0.2, 0.25) is 0 Å². The van der Waals surface area contributed by atoms with E-state index in [1.54, 1.807) is 0 Å². The summed E-state index contributed by atoms with van der Waals surface area (Å²) < 4.78 is 0. The molecule has 2 aromatic carbocycles. The van der Waals surface area contributed by atoms with Crippen LogP contribution in [0.4, 0.5) is 5.82 Å². The third-order valence-electron chi connectivity index (χ3n) is 4.98. The molecular weight excluding hydrogens is 458 g/mol. The van der Waals surface area contributed by atoms with Crippen molar-refractivity contribution in [2.24, 2.45) is 0 Å². The number of hydrogen-bond acceptors (Lipinski definition) is 7. The highest BCUT2D eigenvalue weighted by atomic mass is 16.4. The lowest BCUT2D eigenvalue weighted by atomic mass is 10.0. The Labute approximate surface area is 200 Å². The zero-order valence-corrected chi connectivity index (χ0v) is 18.9. The van der Waals surface area contributed by atoms with Crippen molar-refractivity contribution in [3.63, 3.8) is 0 Å². The zero-order chi connectivity index (χ0) is 26.0. The molecule has 0 bridgehead atoms. The number of carboxylic acid groups (broad SMARTS) is 4. The summed E-state index contributed by atoms with van der Waals surface area (Å²) in [5.41, 5.74) is 3.59.